The van der Waals surface area contributed by atoms with Crippen LogP contribution in [0.1, 0.15) is 41.8 Å². The Balaban J connectivity index is 3.06. The Morgan fingerprint density at radius 1 is 1.25 bits per heavy atom. The van der Waals surface area contributed by atoms with Crippen LogP contribution in [0.2, 0.25) is 5.02 Å². The number of benzene rings is 1. The first-order valence-corrected chi connectivity index (χ1v) is 6.91. The molecule has 0 radical (unpaired) electrons. The van der Waals surface area contributed by atoms with Gasteiger partial charge in [0.05, 0.1) is 17.0 Å². The zero-order valence-electron chi connectivity index (χ0n) is 12.2. The minimum absolute atomic E-state index is 0.0770. The molecule has 1 rings (SSSR count). The number of carbonyl (C=O) groups is 2. The number of aliphatic carboxylic acids is 1. The minimum Gasteiger partial charge on any atom is -0.481 e. The summed E-state index contributed by atoms with van der Waals surface area (Å²) in [4.78, 5) is 24.8. The van der Waals surface area contributed by atoms with E-state index in [1.165, 1.54) is 4.90 Å². The number of nitrogens with zero attached hydrogens (tertiary/aromatic N) is 1. The molecule has 0 unspecified atom stereocenters. The zero-order valence-corrected chi connectivity index (χ0v) is 13.0. The molecule has 0 aliphatic heterocycles. The number of aryl methyl sites for hydroxylation is 2. The predicted octanol–water partition coefficient (Wildman–Crippen LogP) is 3.28. The zero-order chi connectivity index (χ0) is 15.4. The maximum Gasteiger partial charge on any atom is 0.305 e. The molecule has 0 aromatic heterocycles. The highest BCUT2D eigenvalue weighted by atomic mass is 35.5. The summed E-state index contributed by atoms with van der Waals surface area (Å²) in [6, 6.07) is 3.44. The molecule has 4 nitrogen and oxygen atoms in total. The Kier molecular flexibility index (Phi) is 5.57. The second kappa shape index (κ2) is 6.75. The second-order valence-electron chi connectivity index (χ2n) is 5.15. The van der Waals surface area contributed by atoms with Crippen molar-refractivity contribution >= 4 is 23.5 Å². The van der Waals surface area contributed by atoms with E-state index < -0.39 is 5.97 Å². The van der Waals surface area contributed by atoms with Crippen LogP contribution in [0.4, 0.5) is 0 Å². The molecule has 1 aromatic rings. The number of hydrogen-bond acceptors (Lipinski definition) is 2. The molecule has 0 fully saturated rings. The highest BCUT2D eigenvalue weighted by molar-refractivity contribution is 6.34. The molecule has 0 atom stereocenters. The molecule has 1 N–H and O–H groups in total. The van der Waals surface area contributed by atoms with E-state index in [2.05, 4.69) is 0 Å². The third kappa shape index (κ3) is 3.97. The Hall–Kier alpha value is -1.55. The molecule has 20 heavy (non-hydrogen) atoms. The van der Waals surface area contributed by atoms with Crippen molar-refractivity contribution in [2.45, 2.75) is 40.2 Å². The lowest BCUT2D eigenvalue weighted by Gasteiger charge is -2.27. The number of carbonyl (C=O) groups excluding carboxylic acids is 1. The smallest absolute Gasteiger partial charge is 0.305 e. The van der Waals surface area contributed by atoms with E-state index in [9.17, 15) is 9.59 Å². The van der Waals surface area contributed by atoms with Gasteiger partial charge in [-0.1, -0.05) is 11.6 Å². The number of halogens is 1. The SMILES string of the molecule is Cc1cc(Cl)c(C(=O)N(CCC(=O)O)C(C)C)cc1C. The highest BCUT2D eigenvalue weighted by Gasteiger charge is 2.22. The third-order valence-electron chi connectivity index (χ3n) is 3.26. The molecular formula is C15H20ClNO3. The summed E-state index contributed by atoms with van der Waals surface area (Å²) in [5.74, 6) is -1.15. The quantitative estimate of drug-likeness (QED) is 0.907. The van der Waals surface area contributed by atoms with E-state index in [1.807, 2.05) is 27.7 Å². The van der Waals surface area contributed by atoms with Crippen LogP contribution >= 0.6 is 11.6 Å². The Bertz CT molecular complexity index is 526. The lowest BCUT2D eigenvalue weighted by atomic mass is 10.0. The first-order valence-electron chi connectivity index (χ1n) is 6.53. The molecule has 110 valence electrons. The van der Waals surface area contributed by atoms with Gasteiger partial charge in [-0.05, 0) is 51.0 Å². The summed E-state index contributed by atoms with van der Waals surface area (Å²) in [6.07, 6.45) is -0.0770. The van der Waals surface area contributed by atoms with E-state index in [-0.39, 0.29) is 24.9 Å². The molecule has 0 aliphatic rings. The number of hydrogen-bond donors (Lipinski definition) is 1. The molecule has 5 heteroatoms. The van der Waals surface area contributed by atoms with Crippen LogP contribution in [0, 0.1) is 13.8 Å². The molecule has 1 aromatic carbocycles. The van der Waals surface area contributed by atoms with Crippen molar-refractivity contribution < 1.29 is 14.7 Å². The average molecular weight is 298 g/mol. The predicted molar refractivity (Wildman–Crippen MR) is 79.4 cm³/mol. The maximum absolute atomic E-state index is 12.5. The van der Waals surface area contributed by atoms with Crippen LogP contribution in [-0.2, 0) is 4.79 Å². The summed E-state index contributed by atoms with van der Waals surface area (Å²) < 4.78 is 0. The lowest BCUT2D eigenvalue weighted by molar-refractivity contribution is -0.137. The van der Waals surface area contributed by atoms with E-state index >= 15 is 0 Å². The van der Waals surface area contributed by atoms with E-state index in [1.54, 1.807) is 12.1 Å². The minimum atomic E-state index is -0.922. The Morgan fingerprint density at radius 3 is 2.30 bits per heavy atom. The average Bonchev–Trinajstić information content (AvgIpc) is 2.32. The number of carboxylic acids is 1. The van der Waals surface area contributed by atoms with Crippen LogP contribution in [0.5, 0.6) is 0 Å². The monoisotopic (exact) mass is 297 g/mol. The molecule has 0 heterocycles. The van der Waals surface area contributed by atoms with Gasteiger partial charge in [-0.2, -0.15) is 0 Å². The number of carboxylic acid groups (broad SMARTS) is 1. The number of rotatable bonds is 5. The van der Waals surface area contributed by atoms with Crippen molar-refractivity contribution in [3.05, 3.63) is 33.8 Å². The fourth-order valence-corrected chi connectivity index (χ4v) is 2.21. The van der Waals surface area contributed by atoms with Gasteiger partial charge in [-0.15, -0.1) is 0 Å². The molecule has 0 spiro atoms. The fourth-order valence-electron chi connectivity index (χ4n) is 1.91. The maximum atomic E-state index is 12.5. The van der Waals surface area contributed by atoms with Crippen LogP contribution in [0.25, 0.3) is 0 Å². The molecule has 0 saturated carbocycles. The van der Waals surface area contributed by atoms with Crippen LogP contribution < -0.4 is 0 Å². The topological polar surface area (TPSA) is 57.6 Å². The summed E-state index contributed by atoms with van der Waals surface area (Å²) in [7, 11) is 0. The van der Waals surface area contributed by atoms with Gasteiger partial charge in [0.2, 0.25) is 0 Å². The van der Waals surface area contributed by atoms with Crippen molar-refractivity contribution in [2.24, 2.45) is 0 Å². The fraction of sp³-hybridized carbons (Fsp3) is 0.467. The molecule has 0 bridgehead atoms. The lowest BCUT2D eigenvalue weighted by Crippen LogP contribution is -2.38. The summed E-state index contributed by atoms with van der Waals surface area (Å²) >= 11 is 6.14. The van der Waals surface area contributed by atoms with E-state index in [0.29, 0.717) is 10.6 Å². The molecule has 0 aliphatic carbocycles. The first kappa shape index (κ1) is 16.5. The summed E-state index contributed by atoms with van der Waals surface area (Å²) in [5, 5.41) is 9.17. The molecule has 0 saturated heterocycles. The normalized spacial score (nSPS) is 10.7. The van der Waals surface area contributed by atoms with Crippen molar-refractivity contribution in [3.63, 3.8) is 0 Å². The van der Waals surface area contributed by atoms with Crippen LogP contribution in [0.3, 0.4) is 0 Å². The first-order chi connectivity index (χ1) is 9.23. The third-order valence-corrected chi connectivity index (χ3v) is 3.58. The largest absolute Gasteiger partial charge is 0.481 e. The molecule has 1 amide bonds. The van der Waals surface area contributed by atoms with Gasteiger partial charge < -0.3 is 10.0 Å². The summed E-state index contributed by atoms with van der Waals surface area (Å²) in [6.45, 7) is 7.73. The Labute approximate surface area is 124 Å². The van der Waals surface area contributed by atoms with Gasteiger partial charge in [0.25, 0.3) is 5.91 Å². The van der Waals surface area contributed by atoms with Gasteiger partial charge >= 0.3 is 5.97 Å². The van der Waals surface area contributed by atoms with E-state index in [4.69, 9.17) is 16.7 Å². The highest BCUT2D eigenvalue weighted by Crippen LogP contribution is 2.23. The van der Waals surface area contributed by atoms with E-state index in [0.717, 1.165) is 11.1 Å². The van der Waals surface area contributed by atoms with Crippen molar-refractivity contribution in [2.75, 3.05) is 6.54 Å². The second-order valence-corrected chi connectivity index (χ2v) is 5.56. The standard InChI is InChI=1S/C15H20ClNO3/c1-9(2)17(6-5-14(18)19)15(20)12-7-10(3)11(4)8-13(12)16/h7-9H,5-6H2,1-4H3,(H,18,19). The van der Waals surface area contributed by atoms with Gasteiger partial charge in [-0.25, -0.2) is 0 Å². The van der Waals surface area contributed by atoms with Crippen molar-refractivity contribution in [1.82, 2.24) is 4.90 Å². The van der Waals surface area contributed by atoms with Crippen molar-refractivity contribution in [3.8, 4) is 0 Å². The van der Waals surface area contributed by atoms with Gasteiger partial charge in [0, 0.05) is 12.6 Å². The van der Waals surface area contributed by atoms with Gasteiger partial charge in [-0.3, -0.25) is 9.59 Å². The van der Waals surface area contributed by atoms with Gasteiger partial charge in [0.1, 0.15) is 0 Å². The number of amides is 1. The van der Waals surface area contributed by atoms with Crippen LogP contribution in [0.15, 0.2) is 12.1 Å². The molecular weight excluding hydrogens is 278 g/mol. The van der Waals surface area contributed by atoms with Crippen LogP contribution in [-0.4, -0.2) is 34.5 Å². The van der Waals surface area contributed by atoms with Gasteiger partial charge in [0.15, 0.2) is 0 Å². The Morgan fingerprint density at radius 2 is 1.80 bits per heavy atom. The summed E-state index contributed by atoms with van der Waals surface area (Å²) in [5.41, 5.74) is 2.43. The van der Waals surface area contributed by atoms with Crippen molar-refractivity contribution in [1.29, 1.82) is 0 Å².